The Morgan fingerprint density at radius 2 is 1.44 bits per heavy atom. The van der Waals surface area contributed by atoms with E-state index >= 15 is 0 Å². The molecule has 2 rings (SSSR count). The summed E-state index contributed by atoms with van der Waals surface area (Å²) in [4.78, 5) is 3.70. The molecule has 0 aliphatic rings. The average molecular weight is 207 g/mol. The molecule has 0 heterocycles. The van der Waals surface area contributed by atoms with Crippen LogP contribution in [0.3, 0.4) is 0 Å². The van der Waals surface area contributed by atoms with Gasteiger partial charge >= 0.3 is 0 Å². The molecule has 1 atom stereocenters. The molecule has 2 aromatic rings. The van der Waals surface area contributed by atoms with Gasteiger partial charge < -0.3 is 4.85 Å². The van der Waals surface area contributed by atoms with E-state index in [0.29, 0.717) is 0 Å². The molecule has 2 aromatic carbocycles. The molecule has 1 unspecified atom stereocenters. The minimum Gasteiger partial charge on any atom is -0.308 e. The molecule has 0 aliphatic carbocycles. The smallest absolute Gasteiger partial charge is 0.252 e. The minimum atomic E-state index is -0.0661. The molecule has 0 saturated carbocycles. The van der Waals surface area contributed by atoms with Crippen LogP contribution in [-0.2, 0) is 6.42 Å². The lowest BCUT2D eigenvalue weighted by molar-refractivity contribution is 0.831. The summed E-state index contributed by atoms with van der Waals surface area (Å²) in [6.45, 7) is 7.27. The molecule has 1 nitrogen and oxygen atoms in total. The maximum atomic E-state index is 7.27. The predicted molar refractivity (Wildman–Crippen MR) is 65.9 cm³/mol. The Kier molecular flexibility index (Phi) is 3.35. The number of hydrogen-bond acceptors (Lipinski definition) is 0. The van der Waals surface area contributed by atoms with E-state index in [-0.39, 0.29) is 6.04 Å². The number of rotatable bonds is 3. The van der Waals surface area contributed by atoms with Gasteiger partial charge in [0, 0.05) is 5.56 Å². The molecule has 0 N–H and O–H groups in total. The van der Waals surface area contributed by atoms with Crippen LogP contribution in [0.15, 0.2) is 60.7 Å². The van der Waals surface area contributed by atoms with E-state index in [0.717, 1.165) is 12.0 Å². The fraction of sp³-hybridized carbons (Fsp3) is 0.133. The van der Waals surface area contributed by atoms with Crippen LogP contribution in [0.1, 0.15) is 17.2 Å². The van der Waals surface area contributed by atoms with Crippen molar-refractivity contribution in [3.63, 3.8) is 0 Å². The molecule has 1 heteroatoms. The van der Waals surface area contributed by atoms with E-state index in [9.17, 15) is 0 Å². The zero-order valence-corrected chi connectivity index (χ0v) is 9.01. The summed E-state index contributed by atoms with van der Waals surface area (Å²) in [5.41, 5.74) is 2.31. The molecule has 0 aromatic heterocycles. The van der Waals surface area contributed by atoms with Gasteiger partial charge in [0.15, 0.2) is 0 Å². The summed E-state index contributed by atoms with van der Waals surface area (Å²) in [6.07, 6.45) is 0.786. The van der Waals surface area contributed by atoms with E-state index in [1.54, 1.807) is 0 Å². The molecule has 0 spiro atoms. The first-order valence-corrected chi connectivity index (χ1v) is 5.35. The van der Waals surface area contributed by atoms with Gasteiger partial charge in [-0.05, 0) is 5.56 Å². The lowest BCUT2D eigenvalue weighted by atomic mass is 10.00. The number of benzene rings is 2. The van der Waals surface area contributed by atoms with Crippen molar-refractivity contribution >= 4 is 0 Å². The zero-order valence-electron chi connectivity index (χ0n) is 9.01. The molecule has 78 valence electrons. The summed E-state index contributed by atoms with van der Waals surface area (Å²) in [5.74, 6) is 0. The van der Waals surface area contributed by atoms with Crippen molar-refractivity contribution in [1.82, 2.24) is 0 Å². The first kappa shape index (κ1) is 10.4. The third-order valence-electron chi connectivity index (χ3n) is 2.61. The number of hydrogen-bond donors (Lipinski definition) is 0. The molecule has 0 fully saturated rings. The maximum Gasteiger partial charge on any atom is 0.252 e. The van der Waals surface area contributed by atoms with Crippen molar-refractivity contribution in [2.45, 2.75) is 12.5 Å². The molecule has 16 heavy (non-hydrogen) atoms. The van der Waals surface area contributed by atoms with E-state index in [2.05, 4.69) is 17.0 Å². The molecular weight excluding hydrogens is 194 g/mol. The van der Waals surface area contributed by atoms with Gasteiger partial charge in [-0.2, -0.15) is 0 Å². The highest BCUT2D eigenvalue weighted by molar-refractivity contribution is 5.25. The lowest BCUT2D eigenvalue weighted by Crippen LogP contribution is -1.97. The second-order valence-electron chi connectivity index (χ2n) is 3.75. The van der Waals surface area contributed by atoms with Gasteiger partial charge in [-0.25, -0.2) is 6.57 Å². The van der Waals surface area contributed by atoms with Crippen LogP contribution in [0, 0.1) is 6.57 Å². The number of nitrogens with zero attached hydrogens (tertiary/aromatic N) is 1. The summed E-state index contributed by atoms with van der Waals surface area (Å²) in [6, 6.07) is 20.1. The van der Waals surface area contributed by atoms with E-state index in [1.165, 1.54) is 5.56 Å². The Labute approximate surface area is 96.2 Å². The molecular formula is C15H13N. The van der Waals surface area contributed by atoms with Crippen molar-refractivity contribution in [2.75, 3.05) is 0 Å². The highest BCUT2D eigenvalue weighted by Crippen LogP contribution is 2.21. The van der Waals surface area contributed by atoms with Crippen LogP contribution in [0.4, 0.5) is 0 Å². The average Bonchev–Trinajstić information content (AvgIpc) is 2.38. The van der Waals surface area contributed by atoms with Crippen LogP contribution < -0.4 is 0 Å². The van der Waals surface area contributed by atoms with E-state index < -0.39 is 0 Å². The van der Waals surface area contributed by atoms with Crippen molar-refractivity contribution in [1.29, 1.82) is 0 Å². The second kappa shape index (κ2) is 5.14. The van der Waals surface area contributed by atoms with Gasteiger partial charge in [-0.15, -0.1) is 0 Å². The topological polar surface area (TPSA) is 4.36 Å². The summed E-state index contributed by atoms with van der Waals surface area (Å²) in [5, 5.41) is 0. The molecule has 0 aliphatic heterocycles. The first-order valence-electron chi connectivity index (χ1n) is 5.35. The fourth-order valence-electron chi connectivity index (χ4n) is 1.75. The standard InChI is InChI=1S/C15H13N/c1-16-15(14-10-6-3-7-11-14)12-13-8-4-2-5-9-13/h2-11,15H,12H2. The Hall–Kier alpha value is -2.07. The lowest BCUT2D eigenvalue weighted by Gasteiger charge is -2.05. The Morgan fingerprint density at radius 1 is 0.875 bits per heavy atom. The molecule has 0 radical (unpaired) electrons. The molecule has 0 amide bonds. The fourth-order valence-corrected chi connectivity index (χ4v) is 1.75. The summed E-state index contributed by atoms with van der Waals surface area (Å²) < 4.78 is 0. The van der Waals surface area contributed by atoms with Gasteiger partial charge in [0.1, 0.15) is 0 Å². The minimum absolute atomic E-state index is 0.0661. The first-order chi connectivity index (χ1) is 7.90. The molecule has 0 saturated heterocycles. The van der Waals surface area contributed by atoms with Crippen LogP contribution >= 0.6 is 0 Å². The highest BCUT2D eigenvalue weighted by Gasteiger charge is 2.15. The molecule has 0 bridgehead atoms. The van der Waals surface area contributed by atoms with Crippen molar-refractivity contribution in [3.8, 4) is 0 Å². The van der Waals surface area contributed by atoms with Crippen molar-refractivity contribution < 1.29 is 0 Å². The highest BCUT2D eigenvalue weighted by atomic mass is 14.7. The Balaban J connectivity index is 2.17. The van der Waals surface area contributed by atoms with Gasteiger partial charge in [-0.3, -0.25) is 0 Å². The van der Waals surface area contributed by atoms with Gasteiger partial charge in [0.25, 0.3) is 6.04 Å². The van der Waals surface area contributed by atoms with Crippen LogP contribution in [0.5, 0.6) is 0 Å². The Bertz CT molecular complexity index is 468. The van der Waals surface area contributed by atoms with E-state index in [4.69, 9.17) is 6.57 Å². The van der Waals surface area contributed by atoms with Crippen molar-refractivity contribution in [3.05, 3.63) is 83.2 Å². The Morgan fingerprint density at radius 3 is 2.00 bits per heavy atom. The van der Waals surface area contributed by atoms with Gasteiger partial charge in [0.2, 0.25) is 0 Å². The van der Waals surface area contributed by atoms with Crippen molar-refractivity contribution in [2.24, 2.45) is 0 Å². The normalized spacial score (nSPS) is 11.7. The van der Waals surface area contributed by atoms with Crippen LogP contribution in [0.25, 0.3) is 4.85 Å². The van der Waals surface area contributed by atoms with Gasteiger partial charge in [0.05, 0.1) is 6.42 Å². The van der Waals surface area contributed by atoms with Crippen LogP contribution in [0.2, 0.25) is 0 Å². The monoisotopic (exact) mass is 207 g/mol. The summed E-state index contributed by atoms with van der Waals surface area (Å²) >= 11 is 0. The third-order valence-corrected chi connectivity index (χ3v) is 2.61. The maximum absolute atomic E-state index is 7.27. The van der Waals surface area contributed by atoms with Crippen LogP contribution in [-0.4, -0.2) is 0 Å². The van der Waals surface area contributed by atoms with E-state index in [1.807, 2.05) is 48.5 Å². The SMILES string of the molecule is [C-]#[N+]C(Cc1ccccc1)c1ccccc1. The quantitative estimate of drug-likeness (QED) is 0.672. The third kappa shape index (κ3) is 2.49. The van der Waals surface area contributed by atoms with Gasteiger partial charge in [-0.1, -0.05) is 60.7 Å². The second-order valence-corrected chi connectivity index (χ2v) is 3.75. The zero-order chi connectivity index (χ0) is 11.2. The predicted octanol–water partition coefficient (Wildman–Crippen LogP) is 3.89. The summed E-state index contributed by atoms with van der Waals surface area (Å²) in [7, 11) is 0. The largest absolute Gasteiger partial charge is 0.308 e.